The van der Waals surface area contributed by atoms with Gasteiger partial charge in [0.1, 0.15) is 0 Å². The maximum absolute atomic E-state index is 6.19. The summed E-state index contributed by atoms with van der Waals surface area (Å²) in [6.07, 6.45) is 13.5. The Morgan fingerprint density at radius 3 is 2.56 bits per heavy atom. The maximum atomic E-state index is 6.19. The van der Waals surface area contributed by atoms with Crippen molar-refractivity contribution < 1.29 is 4.74 Å². The molecule has 3 unspecified atom stereocenters. The molecule has 3 rings (SSSR count). The van der Waals surface area contributed by atoms with E-state index >= 15 is 0 Å². The first-order valence-electron chi connectivity index (χ1n) is 8.17. The van der Waals surface area contributed by atoms with Gasteiger partial charge in [-0.15, -0.1) is 0 Å². The smallest absolute Gasteiger partial charge is 0.0697 e. The molecule has 0 aromatic carbocycles. The second-order valence-corrected chi connectivity index (χ2v) is 6.96. The highest BCUT2D eigenvalue weighted by atomic mass is 16.5. The molecule has 0 bridgehead atoms. The van der Waals surface area contributed by atoms with Gasteiger partial charge in [0.25, 0.3) is 0 Å². The minimum atomic E-state index is 0.260. The molecule has 1 saturated heterocycles. The molecule has 0 radical (unpaired) electrons. The quantitative estimate of drug-likeness (QED) is 0.809. The van der Waals surface area contributed by atoms with Crippen LogP contribution in [0.3, 0.4) is 0 Å². The number of rotatable bonds is 2. The van der Waals surface area contributed by atoms with Crippen molar-refractivity contribution in [2.24, 2.45) is 5.92 Å². The van der Waals surface area contributed by atoms with Gasteiger partial charge in [-0.3, -0.25) is 0 Å². The molecule has 1 N–H and O–H groups in total. The van der Waals surface area contributed by atoms with Crippen LogP contribution >= 0.6 is 0 Å². The Kier molecular flexibility index (Phi) is 3.95. The zero-order valence-corrected chi connectivity index (χ0v) is 11.9. The lowest BCUT2D eigenvalue weighted by molar-refractivity contribution is -0.110. The second-order valence-electron chi connectivity index (χ2n) is 6.96. The maximum Gasteiger partial charge on any atom is 0.0697 e. The molecule has 3 atom stereocenters. The number of hydrogen-bond donors (Lipinski definition) is 1. The van der Waals surface area contributed by atoms with Crippen LogP contribution in [0, 0.1) is 5.92 Å². The van der Waals surface area contributed by atoms with E-state index in [-0.39, 0.29) is 5.60 Å². The van der Waals surface area contributed by atoms with Gasteiger partial charge in [0.2, 0.25) is 0 Å². The van der Waals surface area contributed by atoms with Crippen LogP contribution in [0.2, 0.25) is 0 Å². The zero-order valence-electron chi connectivity index (χ0n) is 11.9. The van der Waals surface area contributed by atoms with Crippen LogP contribution < -0.4 is 5.32 Å². The molecular weight excluding hydrogens is 222 g/mol. The number of hydrogen-bond acceptors (Lipinski definition) is 2. The van der Waals surface area contributed by atoms with E-state index in [4.69, 9.17) is 4.74 Å². The van der Waals surface area contributed by atoms with Gasteiger partial charge in [-0.25, -0.2) is 0 Å². The fourth-order valence-electron chi connectivity index (χ4n) is 4.41. The predicted octanol–water partition coefficient (Wildman–Crippen LogP) is 3.65. The van der Waals surface area contributed by atoms with Crippen molar-refractivity contribution in [1.29, 1.82) is 0 Å². The molecule has 2 nitrogen and oxygen atoms in total. The van der Waals surface area contributed by atoms with E-state index in [1.54, 1.807) is 0 Å². The molecule has 1 aliphatic heterocycles. The molecule has 104 valence electrons. The first kappa shape index (κ1) is 12.9. The van der Waals surface area contributed by atoms with E-state index in [1.165, 1.54) is 64.2 Å². The molecule has 1 heterocycles. The first-order chi connectivity index (χ1) is 8.77. The van der Waals surface area contributed by atoms with Crippen molar-refractivity contribution in [2.45, 2.75) is 88.8 Å². The topological polar surface area (TPSA) is 21.3 Å². The lowest BCUT2D eigenvalue weighted by Crippen LogP contribution is -2.50. The third-order valence-corrected chi connectivity index (χ3v) is 5.57. The molecular formula is C16H29NO. The summed E-state index contributed by atoms with van der Waals surface area (Å²) in [6.45, 7) is 3.40. The fraction of sp³-hybridized carbons (Fsp3) is 1.00. The van der Waals surface area contributed by atoms with Gasteiger partial charge in [-0.1, -0.05) is 32.6 Å². The van der Waals surface area contributed by atoms with E-state index in [0.29, 0.717) is 0 Å². The summed E-state index contributed by atoms with van der Waals surface area (Å²) in [5.74, 6) is 0.884. The minimum Gasteiger partial charge on any atom is -0.375 e. The van der Waals surface area contributed by atoms with Crippen LogP contribution in [0.1, 0.15) is 71.1 Å². The Morgan fingerprint density at radius 2 is 1.83 bits per heavy atom. The average Bonchev–Trinajstić information content (AvgIpc) is 2.76. The largest absolute Gasteiger partial charge is 0.375 e. The van der Waals surface area contributed by atoms with Gasteiger partial charge in [-0.05, 0) is 44.4 Å². The summed E-state index contributed by atoms with van der Waals surface area (Å²) in [6, 6.07) is 1.51. The third-order valence-electron chi connectivity index (χ3n) is 5.57. The third kappa shape index (κ3) is 2.75. The molecule has 1 spiro atoms. The molecule has 0 amide bonds. The minimum absolute atomic E-state index is 0.260. The zero-order chi connectivity index (χ0) is 12.4. The van der Waals surface area contributed by atoms with Crippen LogP contribution in [0.15, 0.2) is 0 Å². The summed E-state index contributed by atoms with van der Waals surface area (Å²) in [7, 11) is 0. The van der Waals surface area contributed by atoms with Crippen molar-refractivity contribution in [3.05, 3.63) is 0 Å². The van der Waals surface area contributed by atoms with E-state index < -0.39 is 0 Å². The van der Waals surface area contributed by atoms with Crippen LogP contribution in [0.4, 0.5) is 0 Å². The van der Waals surface area contributed by atoms with Gasteiger partial charge in [0.15, 0.2) is 0 Å². The van der Waals surface area contributed by atoms with E-state index in [9.17, 15) is 0 Å². The molecule has 0 aromatic heterocycles. The van der Waals surface area contributed by atoms with Crippen LogP contribution in [0.25, 0.3) is 0 Å². The highest BCUT2D eigenvalue weighted by molar-refractivity contribution is 4.94. The van der Waals surface area contributed by atoms with Gasteiger partial charge < -0.3 is 10.1 Å². The van der Waals surface area contributed by atoms with E-state index in [0.717, 1.165) is 24.6 Å². The van der Waals surface area contributed by atoms with Crippen molar-refractivity contribution >= 4 is 0 Å². The molecule has 3 fully saturated rings. The lowest BCUT2D eigenvalue weighted by atomic mass is 9.78. The van der Waals surface area contributed by atoms with Gasteiger partial charge in [0.05, 0.1) is 5.60 Å². The van der Waals surface area contributed by atoms with Crippen molar-refractivity contribution in [2.75, 3.05) is 6.61 Å². The number of ether oxygens (including phenoxy) is 1. The molecule has 2 heteroatoms. The van der Waals surface area contributed by atoms with Crippen LogP contribution in [-0.4, -0.2) is 24.3 Å². The van der Waals surface area contributed by atoms with Gasteiger partial charge in [0, 0.05) is 18.7 Å². The monoisotopic (exact) mass is 251 g/mol. The normalized spacial score (nSPS) is 40.2. The van der Waals surface area contributed by atoms with Crippen molar-refractivity contribution in [3.63, 3.8) is 0 Å². The highest BCUT2D eigenvalue weighted by Crippen LogP contribution is 2.39. The molecule has 3 aliphatic rings. The highest BCUT2D eigenvalue weighted by Gasteiger charge is 2.39. The van der Waals surface area contributed by atoms with Crippen LogP contribution in [0.5, 0.6) is 0 Å². The Balaban J connectivity index is 1.56. The standard InChI is InChI=1S/C16H29NO/c1-13-6-5-7-15(13)17-14-8-11-18-16(12-14)9-3-2-4-10-16/h13-15,17H,2-12H2,1H3. The SMILES string of the molecule is CC1CCCC1NC1CCOC2(CCCCC2)C1. The molecule has 18 heavy (non-hydrogen) atoms. The van der Waals surface area contributed by atoms with E-state index in [1.807, 2.05) is 0 Å². The van der Waals surface area contributed by atoms with E-state index in [2.05, 4.69) is 12.2 Å². The summed E-state index contributed by atoms with van der Waals surface area (Å²) >= 11 is 0. The Labute approximate surface area is 112 Å². The Morgan fingerprint density at radius 1 is 1.00 bits per heavy atom. The lowest BCUT2D eigenvalue weighted by Gasteiger charge is -2.44. The molecule has 2 saturated carbocycles. The Bertz CT molecular complexity index is 267. The average molecular weight is 251 g/mol. The molecule has 0 aromatic rings. The summed E-state index contributed by atoms with van der Waals surface area (Å²) in [5, 5.41) is 3.96. The number of nitrogens with one attached hydrogen (secondary N) is 1. The summed E-state index contributed by atoms with van der Waals surface area (Å²) < 4.78 is 6.19. The predicted molar refractivity (Wildman–Crippen MR) is 74.7 cm³/mol. The van der Waals surface area contributed by atoms with Crippen molar-refractivity contribution in [1.82, 2.24) is 5.32 Å². The summed E-state index contributed by atoms with van der Waals surface area (Å²) in [5.41, 5.74) is 0.260. The van der Waals surface area contributed by atoms with Crippen LogP contribution in [-0.2, 0) is 4.74 Å². The van der Waals surface area contributed by atoms with Gasteiger partial charge in [-0.2, -0.15) is 0 Å². The first-order valence-corrected chi connectivity index (χ1v) is 8.17. The molecule has 2 aliphatic carbocycles. The van der Waals surface area contributed by atoms with Gasteiger partial charge >= 0.3 is 0 Å². The summed E-state index contributed by atoms with van der Waals surface area (Å²) in [4.78, 5) is 0. The second kappa shape index (κ2) is 5.50. The fourth-order valence-corrected chi connectivity index (χ4v) is 4.41. The van der Waals surface area contributed by atoms with Crippen molar-refractivity contribution in [3.8, 4) is 0 Å². The Hall–Kier alpha value is -0.0800.